The maximum atomic E-state index is 11.3. The SMILES string of the molecule is Cc1cc(OCN2C=NOS2=O)nc(N2CCCCC2)n1. The molecule has 0 radical (unpaired) electrons. The van der Waals surface area contributed by atoms with Crippen molar-refractivity contribution >= 4 is 23.6 Å². The topological polar surface area (TPSA) is 80.2 Å². The Bertz CT molecular complexity index is 562. The molecule has 21 heavy (non-hydrogen) atoms. The quantitative estimate of drug-likeness (QED) is 0.824. The van der Waals surface area contributed by atoms with Crippen molar-refractivity contribution in [1.82, 2.24) is 14.3 Å². The molecule has 9 heteroatoms. The minimum absolute atomic E-state index is 0.0615. The fraction of sp³-hybridized carbons (Fsp3) is 0.583. The standard InChI is InChI=1S/C12H17N5O3S/c1-10-7-11(19-9-17-8-13-20-21(17)18)15-12(14-10)16-5-3-2-4-6-16/h7-8H,2-6,9H2,1H3. The minimum Gasteiger partial charge on any atom is -0.455 e. The molecule has 1 fully saturated rings. The highest BCUT2D eigenvalue weighted by atomic mass is 32.2. The molecule has 1 saturated heterocycles. The van der Waals surface area contributed by atoms with E-state index in [0.29, 0.717) is 11.8 Å². The molecule has 114 valence electrons. The van der Waals surface area contributed by atoms with Crippen molar-refractivity contribution in [1.29, 1.82) is 0 Å². The van der Waals surface area contributed by atoms with E-state index in [1.807, 2.05) is 6.92 Å². The van der Waals surface area contributed by atoms with E-state index in [4.69, 9.17) is 4.74 Å². The van der Waals surface area contributed by atoms with Crippen molar-refractivity contribution in [3.63, 3.8) is 0 Å². The summed E-state index contributed by atoms with van der Waals surface area (Å²) in [6, 6.07) is 1.75. The van der Waals surface area contributed by atoms with Crippen molar-refractivity contribution in [2.24, 2.45) is 5.16 Å². The molecule has 0 aromatic carbocycles. The van der Waals surface area contributed by atoms with Gasteiger partial charge < -0.3 is 9.64 Å². The van der Waals surface area contributed by atoms with Crippen molar-refractivity contribution in [2.45, 2.75) is 26.2 Å². The molecule has 2 aliphatic rings. The maximum Gasteiger partial charge on any atom is 0.343 e. The van der Waals surface area contributed by atoms with Gasteiger partial charge in [-0.3, -0.25) is 4.28 Å². The first-order valence-corrected chi connectivity index (χ1v) is 7.88. The molecule has 3 heterocycles. The highest BCUT2D eigenvalue weighted by Crippen LogP contribution is 2.19. The summed E-state index contributed by atoms with van der Waals surface area (Å²) in [5, 5.41) is 3.45. The summed E-state index contributed by atoms with van der Waals surface area (Å²) in [6.07, 6.45) is 4.91. The van der Waals surface area contributed by atoms with Gasteiger partial charge in [0.25, 0.3) is 0 Å². The van der Waals surface area contributed by atoms with Gasteiger partial charge in [-0.15, -0.1) is 0 Å². The molecule has 0 amide bonds. The smallest absolute Gasteiger partial charge is 0.343 e. The Balaban J connectivity index is 1.68. The lowest BCUT2D eigenvalue weighted by Crippen LogP contribution is -2.31. The number of hydrogen-bond donors (Lipinski definition) is 0. The van der Waals surface area contributed by atoms with Crippen LogP contribution in [0, 0.1) is 6.92 Å². The molecule has 3 rings (SSSR count). The van der Waals surface area contributed by atoms with E-state index in [1.165, 1.54) is 17.1 Å². The van der Waals surface area contributed by atoms with Crippen LogP contribution in [-0.2, 0) is 15.6 Å². The monoisotopic (exact) mass is 311 g/mol. The van der Waals surface area contributed by atoms with E-state index < -0.39 is 11.3 Å². The summed E-state index contributed by atoms with van der Waals surface area (Å²) >= 11 is -1.62. The Hall–Kier alpha value is -1.90. The normalized spacial score (nSPS) is 21.5. The molecule has 1 aromatic heterocycles. The van der Waals surface area contributed by atoms with E-state index in [0.717, 1.165) is 31.6 Å². The molecule has 0 bridgehead atoms. The molecule has 0 N–H and O–H groups in total. The summed E-state index contributed by atoms with van der Waals surface area (Å²) in [4.78, 5) is 11.1. The number of oxime groups is 1. The zero-order chi connectivity index (χ0) is 14.7. The number of aryl methyl sites for hydroxylation is 1. The summed E-state index contributed by atoms with van der Waals surface area (Å²) in [6.45, 7) is 3.91. The molecule has 8 nitrogen and oxygen atoms in total. The lowest BCUT2D eigenvalue weighted by atomic mass is 10.1. The Morgan fingerprint density at radius 3 is 2.86 bits per heavy atom. The van der Waals surface area contributed by atoms with Gasteiger partial charge in [-0.05, 0) is 26.2 Å². The Morgan fingerprint density at radius 2 is 2.14 bits per heavy atom. The largest absolute Gasteiger partial charge is 0.455 e. The zero-order valence-electron chi connectivity index (χ0n) is 11.8. The average Bonchev–Trinajstić information content (AvgIpc) is 2.91. The van der Waals surface area contributed by atoms with Crippen LogP contribution in [0.25, 0.3) is 0 Å². The van der Waals surface area contributed by atoms with E-state index in [2.05, 4.69) is 24.3 Å². The molecule has 2 aliphatic heterocycles. The molecule has 1 atom stereocenters. The number of aromatic nitrogens is 2. The fourth-order valence-corrected chi connectivity index (χ4v) is 2.68. The Kier molecular flexibility index (Phi) is 4.18. The highest BCUT2D eigenvalue weighted by Gasteiger charge is 2.19. The lowest BCUT2D eigenvalue weighted by molar-refractivity contribution is 0.244. The van der Waals surface area contributed by atoms with Gasteiger partial charge in [-0.25, -0.2) is 9.29 Å². The number of piperidine rings is 1. The number of nitrogens with zero attached hydrogens (tertiary/aromatic N) is 5. The van der Waals surface area contributed by atoms with Crippen molar-refractivity contribution < 1.29 is 13.2 Å². The van der Waals surface area contributed by atoms with Gasteiger partial charge in [0, 0.05) is 24.8 Å². The summed E-state index contributed by atoms with van der Waals surface area (Å²) in [7, 11) is 0. The van der Waals surface area contributed by atoms with Gasteiger partial charge in [-0.2, -0.15) is 9.19 Å². The van der Waals surface area contributed by atoms with Crippen molar-refractivity contribution in [3.8, 4) is 5.88 Å². The Morgan fingerprint density at radius 1 is 1.33 bits per heavy atom. The first-order valence-electron chi connectivity index (χ1n) is 6.85. The first kappa shape index (κ1) is 14.1. The molecule has 0 spiro atoms. The van der Waals surface area contributed by atoms with Gasteiger partial charge in [0.15, 0.2) is 13.1 Å². The second-order valence-corrected chi connectivity index (χ2v) is 5.95. The van der Waals surface area contributed by atoms with Gasteiger partial charge in [0.2, 0.25) is 11.8 Å². The average molecular weight is 311 g/mol. The van der Waals surface area contributed by atoms with Crippen LogP contribution in [0.2, 0.25) is 0 Å². The van der Waals surface area contributed by atoms with Gasteiger partial charge in [-0.1, -0.05) is 5.16 Å². The van der Waals surface area contributed by atoms with E-state index in [9.17, 15) is 4.21 Å². The third-order valence-corrected chi connectivity index (χ3v) is 4.07. The van der Waals surface area contributed by atoms with Gasteiger partial charge >= 0.3 is 11.3 Å². The van der Waals surface area contributed by atoms with Crippen LogP contribution in [0.4, 0.5) is 5.95 Å². The van der Waals surface area contributed by atoms with E-state index >= 15 is 0 Å². The second kappa shape index (κ2) is 6.25. The molecule has 0 aliphatic carbocycles. The van der Waals surface area contributed by atoms with Gasteiger partial charge in [0.05, 0.1) is 0 Å². The lowest BCUT2D eigenvalue weighted by Gasteiger charge is -2.27. The minimum atomic E-state index is -1.62. The van der Waals surface area contributed by atoms with E-state index in [-0.39, 0.29) is 6.73 Å². The number of ether oxygens (including phenoxy) is 1. The van der Waals surface area contributed by atoms with Crippen LogP contribution < -0.4 is 9.64 Å². The molecule has 1 unspecified atom stereocenters. The predicted octanol–water partition coefficient (Wildman–Crippen LogP) is 0.966. The summed E-state index contributed by atoms with van der Waals surface area (Å²) in [5.41, 5.74) is 0.841. The van der Waals surface area contributed by atoms with Crippen LogP contribution >= 0.6 is 0 Å². The second-order valence-electron chi connectivity index (χ2n) is 4.90. The predicted molar refractivity (Wildman–Crippen MR) is 77.9 cm³/mol. The van der Waals surface area contributed by atoms with Crippen LogP contribution in [0.3, 0.4) is 0 Å². The number of anilines is 1. The maximum absolute atomic E-state index is 11.3. The summed E-state index contributed by atoms with van der Waals surface area (Å²) < 4.78 is 22.8. The first-order chi connectivity index (χ1) is 10.2. The van der Waals surface area contributed by atoms with Crippen molar-refractivity contribution in [3.05, 3.63) is 11.8 Å². The molecule has 1 aromatic rings. The zero-order valence-corrected chi connectivity index (χ0v) is 12.6. The van der Waals surface area contributed by atoms with Crippen LogP contribution in [0.15, 0.2) is 11.2 Å². The molecular formula is C12H17N5O3S. The van der Waals surface area contributed by atoms with Crippen LogP contribution in [0.1, 0.15) is 25.0 Å². The molecule has 0 saturated carbocycles. The highest BCUT2D eigenvalue weighted by molar-refractivity contribution is 7.78. The van der Waals surface area contributed by atoms with E-state index in [1.54, 1.807) is 6.07 Å². The molecular weight excluding hydrogens is 294 g/mol. The van der Waals surface area contributed by atoms with Gasteiger partial charge in [0.1, 0.15) is 0 Å². The third-order valence-electron chi connectivity index (χ3n) is 3.27. The summed E-state index contributed by atoms with van der Waals surface area (Å²) in [5.74, 6) is 1.15. The van der Waals surface area contributed by atoms with Crippen molar-refractivity contribution in [2.75, 3.05) is 24.7 Å². The van der Waals surface area contributed by atoms with Crippen LogP contribution in [0.5, 0.6) is 5.88 Å². The number of rotatable bonds is 4. The number of hydrogen-bond acceptors (Lipinski definition) is 7. The fourth-order valence-electron chi connectivity index (χ4n) is 2.23. The third kappa shape index (κ3) is 3.41. The Labute approximate surface area is 125 Å². The van der Waals surface area contributed by atoms with Crippen LogP contribution in [-0.4, -0.2) is 44.6 Å².